The Balaban J connectivity index is 0.00000112. The van der Waals surface area contributed by atoms with Crippen LogP contribution in [-0.4, -0.2) is 37.7 Å². The van der Waals surface area contributed by atoms with Crippen LogP contribution in [0.5, 0.6) is 0 Å². The Morgan fingerprint density at radius 2 is 0.938 bits per heavy atom. The molecule has 0 aliphatic rings. The van der Waals surface area contributed by atoms with Gasteiger partial charge in [0.25, 0.3) is 0 Å². The van der Waals surface area contributed by atoms with Gasteiger partial charge >= 0.3 is 37.7 Å². The van der Waals surface area contributed by atoms with Crippen molar-refractivity contribution in [2.75, 3.05) is 0 Å². The van der Waals surface area contributed by atoms with Gasteiger partial charge in [-0.05, 0) is 11.1 Å². The van der Waals surface area contributed by atoms with Crippen LogP contribution in [-0.2, 0) is 0 Å². The van der Waals surface area contributed by atoms with Gasteiger partial charge in [0, 0.05) is 5.92 Å². The summed E-state index contributed by atoms with van der Waals surface area (Å²) in [6.07, 6.45) is 0. The van der Waals surface area contributed by atoms with Gasteiger partial charge in [-0.1, -0.05) is 67.6 Å². The van der Waals surface area contributed by atoms with Gasteiger partial charge in [0.2, 0.25) is 0 Å². The van der Waals surface area contributed by atoms with Crippen LogP contribution >= 0.6 is 0 Å². The van der Waals surface area contributed by atoms with E-state index in [4.69, 9.17) is 0 Å². The van der Waals surface area contributed by atoms with E-state index in [1.165, 1.54) is 11.1 Å². The molecule has 2 aromatic rings. The summed E-state index contributed by atoms with van der Waals surface area (Å²) in [4.78, 5) is 0. The zero-order chi connectivity index (χ0) is 9.80. The Hall–Kier alpha value is -0.365. The van der Waals surface area contributed by atoms with Gasteiger partial charge in [-0.2, -0.15) is 0 Å². The fourth-order valence-corrected chi connectivity index (χ4v) is 1.68. The zero-order valence-corrected chi connectivity index (χ0v) is 8.35. The van der Waals surface area contributed by atoms with Crippen LogP contribution in [0, 0.1) is 0 Å². The van der Waals surface area contributed by atoms with E-state index in [2.05, 4.69) is 67.6 Å². The molecular formula is C14H16Li2. The van der Waals surface area contributed by atoms with Crippen molar-refractivity contribution in [3.05, 3.63) is 71.8 Å². The standard InChI is InChI=1S/C14H14.2Li.2H/c1-12(13-8-4-2-5-9-13)14-10-6-3-7-11-14;;;;/h2-12H,1H3;;;;. The second kappa shape index (κ2) is 7.83. The van der Waals surface area contributed by atoms with Gasteiger partial charge < -0.3 is 0 Å². The second-order valence-electron chi connectivity index (χ2n) is 3.54. The van der Waals surface area contributed by atoms with Gasteiger partial charge in [0.05, 0.1) is 0 Å². The molecule has 0 nitrogen and oxygen atoms in total. The first-order valence-corrected chi connectivity index (χ1v) is 4.98. The van der Waals surface area contributed by atoms with Crippen LogP contribution in [0.15, 0.2) is 60.7 Å². The van der Waals surface area contributed by atoms with Gasteiger partial charge in [-0.3, -0.25) is 0 Å². The van der Waals surface area contributed by atoms with Gasteiger partial charge in [0.1, 0.15) is 0 Å². The maximum atomic E-state index is 2.24. The molecule has 74 valence electrons. The molecule has 0 heterocycles. The quantitative estimate of drug-likeness (QED) is 0.650. The summed E-state index contributed by atoms with van der Waals surface area (Å²) in [5.41, 5.74) is 2.75. The minimum atomic E-state index is 0. The average molecular weight is 198 g/mol. The topological polar surface area (TPSA) is 0 Å². The Morgan fingerprint density at radius 1 is 0.625 bits per heavy atom. The van der Waals surface area contributed by atoms with Crippen LogP contribution in [0.1, 0.15) is 24.0 Å². The molecule has 0 aliphatic carbocycles. The summed E-state index contributed by atoms with van der Waals surface area (Å²) >= 11 is 0. The SMILES string of the molecule is CC(c1ccccc1)c1ccccc1.[LiH].[LiH]. The van der Waals surface area contributed by atoms with Crippen molar-refractivity contribution in [2.24, 2.45) is 0 Å². The van der Waals surface area contributed by atoms with Crippen molar-refractivity contribution in [3.63, 3.8) is 0 Å². The van der Waals surface area contributed by atoms with Crippen molar-refractivity contribution in [1.29, 1.82) is 0 Å². The summed E-state index contributed by atoms with van der Waals surface area (Å²) in [6.45, 7) is 2.24. The molecule has 0 atom stereocenters. The molecule has 0 aromatic heterocycles. The van der Waals surface area contributed by atoms with Gasteiger partial charge in [-0.15, -0.1) is 0 Å². The summed E-state index contributed by atoms with van der Waals surface area (Å²) < 4.78 is 0. The van der Waals surface area contributed by atoms with E-state index in [1.54, 1.807) is 0 Å². The fraction of sp³-hybridized carbons (Fsp3) is 0.143. The van der Waals surface area contributed by atoms with E-state index < -0.39 is 0 Å². The summed E-state index contributed by atoms with van der Waals surface area (Å²) in [7, 11) is 0. The number of hydrogen-bond acceptors (Lipinski definition) is 0. The van der Waals surface area contributed by atoms with E-state index in [9.17, 15) is 0 Å². The molecule has 0 saturated carbocycles. The molecule has 0 aliphatic heterocycles. The molecule has 2 heteroatoms. The van der Waals surface area contributed by atoms with Crippen molar-refractivity contribution in [3.8, 4) is 0 Å². The van der Waals surface area contributed by atoms with E-state index >= 15 is 0 Å². The number of hydrogen-bond donors (Lipinski definition) is 0. The molecule has 2 aromatic carbocycles. The van der Waals surface area contributed by atoms with Crippen LogP contribution in [0.4, 0.5) is 0 Å². The van der Waals surface area contributed by atoms with Crippen molar-refractivity contribution in [1.82, 2.24) is 0 Å². The van der Waals surface area contributed by atoms with Gasteiger partial charge in [-0.25, -0.2) is 0 Å². The molecule has 0 bridgehead atoms. The predicted molar refractivity (Wildman–Crippen MR) is 74.7 cm³/mol. The minimum absolute atomic E-state index is 0. The first kappa shape index (κ1) is 15.6. The first-order valence-electron chi connectivity index (χ1n) is 4.98. The van der Waals surface area contributed by atoms with Crippen LogP contribution in [0.2, 0.25) is 0 Å². The molecule has 0 fully saturated rings. The third-order valence-corrected chi connectivity index (χ3v) is 2.60. The van der Waals surface area contributed by atoms with Crippen LogP contribution < -0.4 is 0 Å². The summed E-state index contributed by atoms with van der Waals surface area (Å²) in [5.74, 6) is 0.484. The van der Waals surface area contributed by atoms with E-state index in [-0.39, 0.29) is 37.7 Å². The maximum absolute atomic E-state index is 2.24. The number of benzene rings is 2. The van der Waals surface area contributed by atoms with E-state index in [0.717, 1.165) is 0 Å². The van der Waals surface area contributed by atoms with Gasteiger partial charge in [0.15, 0.2) is 0 Å². The van der Waals surface area contributed by atoms with Crippen LogP contribution in [0.25, 0.3) is 0 Å². The predicted octanol–water partition coefficient (Wildman–Crippen LogP) is 2.54. The Morgan fingerprint density at radius 3 is 1.25 bits per heavy atom. The summed E-state index contributed by atoms with van der Waals surface area (Å²) in [6, 6.07) is 21.2. The third kappa shape index (κ3) is 3.90. The molecule has 0 radical (unpaired) electrons. The molecule has 0 unspecified atom stereocenters. The Bertz CT molecular complexity index is 344. The molecule has 2 rings (SSSR count). The summed E-state index contributed by atoms with van der Waals surface area (Å²) in [5, 5.41) is 0. The number of rotatable bonds is 2. The molecule has 0 spiro atoms. The zero-order valence-electron chi connectivity index (χ0n) is 8.35. The third-order valence-electron chi connectivity index (χ3n) is 2.60. The van der Waals surface area contributed by atoms with E-state index in [1.807, 2.05) is 0 Å². The fourth-order valence-electron chi connectivity index (χ4n) is 1.68. The normalized spacial score (nSPS) is 9.12. The van der Waals surface area contributed by atoms with E-state index in [0.29, 0.717) is 5.92 Å². The van der Waals surface area contributed by atoms with Crippen molar-refractivity contribution in [2.45, 2.75) is 12.8 Å². The van der Waals surface area contributed by atoms with Crippen molar-refractivity contribution >= 4 is 37.7 Å². The first-order chi connectivity index (χ1) is 6.88. The molecule has 0 saturated heterocycles. The van der Waals surface area contributed by atoms with Crippen LogP contribution in [0.3, 0.4) is 0 Å². The Labute approximate surface area is 122 Å². The molecule has 0 amide bonds. The average Bonchev–Trinajstić information content (AvgIpc) is 2.30. The molecular weight excluding hydrogens is 182 g/mol. The second-order valence-corrected chi connectivity index (χ2v) is 3.54. The molecule has 0 N–H and O–H groups in total. The molecule has 16 heavy (non-hydrogen) atoms. The van der Waals surface area contributed by atoms with Crippen molar-refractivity contribution < 1.29 is 0 Å². The monoisotopic (exact) mass is 198 g/mol. The Kier molecular flexibility index (Phi) is 7.66.